The van der Waals surface area contributed by atoms with Crippen molar-refractivity contribution < 1.29 is 14.4 Å². The number of nitrogens with one attached hydrogen (secondary N) is 1. The van der Waals surface area contributed by atoms with E-state index in [1.165, 1.54) is 28.5 Å². The summed E-state index contributed by atoms with van der Waals surface area (Å²) in [4.78, 5) is 32.1. The molecule has 0 aromatic heterocycles. The fraction of sp³-hybridized carbons (Fsp3) is 0.625. The number of primary amides is 2. The quantitative estimate of drug-likeness (QED) is 0.394. The molecule has 0 fully saturated rings. The highest BCUT2D eigenvalue weighted by Gasteiger charge is 2.16. The molecule has 16 heavy (non-hydrogen) atoms. The maximum atomic E-state index is 10.9. The van der Waals surface area contributed by atoms with Gasteiger partial charge in [-0.3, -0.25) is 14.4 Å². The summed E-state index contributed by atoms with van der Waals surface area (Å²) in [5.41, 5.74) is 10.1. The molecule has 6 nitrogen and oxygen atoms in total. The van der Waals surface area contributed by atoms with E-state index in [9.17, 15) is 14.4 Å². The van der Waals surface area contributed by atoms with Gasteiger partial charge < -0.3 is 16.8 Å². The zero-order chi connectivity index (χ0) is 12.6. The van der Waals surface area contributed by atoms with Crippen LogP contribution in [-0.2, 0) is 14.4 Å². The highest BCUT2D eigenvalue weighted by molar-refractivity contribution is 8.76. The highest BCUT2D eigenvalue weighted by atomic mass is 33.1. The predicted octanol–water partition coefficient (Wildman–Crippen LogP) is -0.767. The van der Waals surface area contributed by atoms with Gasteiger partial charge in [-0.05, 0) is 0 Å². The van der Waals surface area contributed by atoms with Crippen LogP contribution in [0, 0.1) is 0 Å². The molecule has 0 aromatic carbocycles. The number of nitrogens with two attached hydrogens (primary N) is 2. The molecule has 8 heteroatoms. The van der Waals surface area contributed by atoms with Crippen LogP contribution in [0.25, 0.3) is 0 Å². The van der Waals surface area contributed by atoms with Crippen molar-refractivity contribution in [2.75, 3.05) is 11.5 Å². The van der Waals surface area contributed by atoms with Crippen molar-refractivity contribution in [2.45, 2.75) is 19.4 Å². The number of carbonyl (C=O) groups is 3. The summed E-state index contributed by atoms with van der Waals surface area (Å²) in [7, 11) is 2.78. The Morgan fingerprint density at radius 3 is 2.31 bits per heavy atom. The minimum absolute atomic E-state index is 0.291. The van der Waals surface area contributed by atoms with Gasteiger partial charge in [-0.1, -0.05) is 21.6 Å². The molecule has 1 unspecified atom stereocenters. The monoisotopic (exact) mass is 265 g/mol. The largest absolute Gasteiger partial charge is 0.370 e. The molecule has 92 valence electrons. The maximum Gasteiger partial charge on any atom is 0.240 e. The summed E-state index contributed by atoms with van der Waals surface area (Å²) in [5.74, 6) is -0.282. The van der Waals surface area contributed by atoms with E-state index in [0.717, 1.165) is 0 Å². The van der Waals surface area contributed by atoms with Gasteiger partial charge in [0.25, 0.3) is 0 Å². The zero-order valence-electron chi connectivity index (χ0n) is 8.89. The number of hydrogen-bond acceptors (Lipinski definition) is 5. The minimum Gasteiger partial charge on any atom is -0.370 e. The van der Waals surface area contributed by atoms with Crippen LogP contribution in [0.2, 0.25) is 0 Å². The molecule has 0 heterocycles. The minimum atomic E-state index is -0.677. The maximum absolute atomic E-state index is 10.9. The van der Waals surface area contributed by atoms with E-state index in [-0.39, 0.29) is 11.8 Å². The smallest absolute Gasteiger partial charge is 0.240 e. The molecule has 0 rings (SSSR count). The lowest BCUT2D eigenvalue weighted by Gasteiger charge is -2.12. The molecule has 0 aromatic rings. The van der Waals surface area contributed by atoms with Crippen molar-refractivity contribution in [2.24, 2.45) is 11.5 Å². The summed E-state index contributed by atoms with van der Waals surface area (Å²) in [6.45, 7) is 1.32. The first-order chi connectivity index (χ1) is 7.43. The van der Waals surface area contributed by atoms with Crippen LogP contribution >= 0.6 is 21.6 Å². The Morgan fingerprint density at radius 1 is 1.25 bits per heavy atom. The van der Waals surface area contributed by atoms with Crippen LogP contribution in [0.3, 0.4) is 0 Å². The lowest BCUT2D eigenvalue weighted by molar-refractivity contribution is -0.125. The van der Waals surface area contributed by atoms with Crippen molar-refractivity contribution in [3.05, 3.63) is 0 Å². The van der Waals surface area contributed by atoms with Gasteiger partial charge in [0.15, 0.2) is 0 Å². The van der Waals surface area contributed by atoms with Gasteiger partial charge in [0.05, 0.1) is 0 Å². The van der Waals surface area contributed by atoms with Crippen LogP contribution in [0.15, 0.2) is 0 Å². The van der Waals surface area contributed by atoms with E-state index in [1.807, 2.05) is 0 Å². The Bertz CT molecular complexity index is 273. The SMILES string of the molecule is CC(=O)NC(CSSCCC(N)=O)C(N)=O. The lowest BCUT2D eigenvalue weighted by Crippen LogP contribution is -2.45. The second-order valence-corrected chi connectivity index (χ2v) is 5.61. The van der Waals surface area contributed by atoms with Gasteiger partial charge in [-0.2, -0.15) is 0 Å². The van der Waals surface area contributed by atoms with E-state index in [4.69, 9.17) is 11.5 Å². The number of rotatable bonds is 8. The average molecular weight is 265 g/mol. The Labute approximate surface area is 102 Å². The molecular formula is C8H15N3O3S2. The van der Waals surface area contributed by atoms with Gasteiger partial charge in [0, 0.05) is 24.9 Å². The van der Waals surface area contributed by atoms with Crippen molar-refractivity contribution >= 4 is 39.3 Å². The second-order valence-electron chi connectivity index (χ2n) is 2.98. The van der Waals surface area contributed by atoms with E-state index < -0.39 is 11.9 Å². The summed E-state index contributed by atoms with van der Waals surface area (Å²) in [6, 6.07) is -0.677. The molecule has 0 saturated carbocycles. The third-order valence-electron chi connectivity index (χ3n) is 1.47. The number of carbonyl (C=O) groups excluding carboxylic acids is 3. The molecule has 0 aliphatic carbocycles. The molecule has 0 aliphatic heterocycles. The standard InChI is InChI=1S/C8H15N3O3S2/c1-5(12)11-6(8(10)14)4-16-15-3-2-7(9)13/h6H,2-4H2,1H3,(H2,9,13)(H2,10,14)(H,11,12). The van der Waals surface area contributed by atoms with Crippen molar-refractivity contribution in [3.8, 4) is 0 Å². The Kier molecular flexibility index (Phi) is 7.82. The fourth-order valence-corrected chi connectivity index (χ4v) is 2.94. The summed E-state index contributed by atoms with van der Waals surface area (Å²) in [5, 5.41) is 2.44. The van der Waals surface area contributed by atoms with E-state index in [0.29, 0.717) is 17.9 Å². The third-order valence-corrected chi connectivity index (χ3v) is 3.89. The van der Waals surface area contributed by atoms with Crippen LogP contribution in [0.5, 0.6) is 0 Å². The fourth-order valence-electron chi connectivity index (χ4n) is 0.758. The molecule has 5 N–H and O–H groups in total. The molecule has 0 saturated heterocycles. The van der Waals surface area contributed by atoms with Gasteiger partial charge in [0.2, 0.25) is 17.7 Å². The van der Waals surface area contributed by atoms with E-state index in [1.54, 1.807) is 0 Å². The van der Waals surface area contributed by atoms with Crippen molar-refractivity contribution in [1.29, 1.82) is 0 Å². The van der Waals surface area contributed by atoms with Crippen molar-refractivity contribution in [3.63, 3.8) is 0 Å². The Morgan fingerprint density at radius 2 is 1.88 bits per heavy atom. The molecule has 0 bridgehead atoms. The van der Waals surface area contributed by atoms with Crippen LogP contribution in [-0.4, -0.2) is 35.3 Å². The van der Waals surface area contributed by atoms with E-state index >= 15 is 0 Å². The first-order valence-corrected chi connectivity index (χ1v) is 7.01. The predicted molar refractivity (Wildman–Crippen MR) is 65.5 cm³/mol. The molecule has 0 aliphatic rings. The first kappa shape index (κ1) is 15.1. The molecule has 0 radical (unpaired) electrons. The summed E-state index contributed by atoms with van der Waals surface area (Å²) < 4.78 is 0. The molecule has 0 spiro atoms. The van der Waals surface area contributed by atoms with E-state index in [2.05, 4.69) is 5.32 Å². The third kappa shape index (κ3) is 8.42. The topological polar surface area (TPSA) is 115 Å². The van der Waals surface area contributed by atoms with Crippen LogP contribution in [0.1, 0.15) is 13.3 Å². The average Bonchev–Trinajstić information content (AvgIpc) is 2.14. The Balaban J connectivity index is 3.72. The van der Waals surface area contributed by atoms with Crippen LogP contribution < -0.4 is 16.8 Å². The first-order valence-electron chi connectivity index (χ1n) is 4.52. The second kappa shape index (κ2) is 8.28. The van der Waals surface area contributed by atoms with Crippen molar-refractivity contribution in [1.82, 2.24) is 5.32 Å². The molecule has 3 amide bonds. The summed E-state index contributed by atoms with van der Waals surface area (Å²) >= 11 is 0. The highest BCUT2D eigenvalue weighted by Crippen LogP contribution is 2.22. The van der Waals surface area contributed by atoms with Gasteiger partial charge >= 0.3 is 0 Å². The Hall–Kier alpha value is -0.890. The lowest BCUT2D eigenvalue weighted by atomic mass is 10.3. The normalized spacial score (nSPS) is 11.8. The molecular weight excluding hydrogens is 250 g/mol. The number of hydrogen-bond donors (Lipinski definition) is 3. The van der Waals surface area contributed by atoms with Gasteiger partial charge in [0.1, 0.15) is 6.04 Å². The van der Waals surface area contributed by atoms with Gasteiger partial charge in [-0.15, -0.1) is 0 Å². The van der Waals surface area contributed by atoms with Crippen LogP contribution in [0.4, 0.5) is 0 Å². The number of amides is 3. The summed E-state index contributed by atoms with van der Waals surface area (Å²) in [6.07, 6.45) is 0.291. The zero-order valence-corrected chi connectivity index (χ0v) is 10.5. The van der Waals surface area contributed by atoms with Gasteiger partial charge in [-0.25, -0.2) is 0 Å². The molecule has 1 atom stereocenters.